The Balaban J connectivity index is 1.76. The number of nitrogens with zero attached hydrogens (tertiary/aromatic N) is 1. The van der Waals surface area contributed by atoms with Crippen LogP contribution in [0.3, 0.4) is 0 Å². The molecule has 1 fully saturated rings. The maximum atomic E-state index is 5.30. The normalized spacial score (nSPS) is 20.8. The molecule has 1 saturated heterocycles. The van der Waals surface area contributed by atoms with Crippen LogP contribution in [0.15, 0.2) is 48.5 Å². The van der Waals surface area contributed by atoms with E-state index in [9.17, 15) is 0 Å². The van der Waals surface area contributed by atoms with E-state index in [0.29, 0.717) is 12.1 Å². The van der Waals surface area contributed by atoms with Gasteiger partial charge in [0.15, 0.2) is 0 Å². The van der Waals surface area contributed by atoms with Crippen LogP contribution in [0.5, 0.6) is 5.75 Å². The van der Waals surface area contributed by atoms with Crippen LogP contribution < -0.4 is 9.64 Å². The van der Waals surface area contributed by atoms with Crippen molar-refractivity contribution >= 4 is 5.69 Å². The summed E-state index contributed by atoms with van der Waals surface area (Å²) >= 11 is 0. The molecule has 2 nitrogen and oxygen atoms in total. The van der Waals surface area contributed by atoms with Crippen LogP contribution in [-0.2, 0) is 11.8 Å². The van der Waals surface area contributed by atoms with Gasteiger partial charge in [0.05, 0.1) is 7.11 Å². The molecule has 0 aliphatic carbocycles. The summed E-state index contributed by atoms with van der Waals surface area (Å²) in [6.45, 7) is 9.15. The monoisotopic (exact) mass is 337 g/mol. The van der Waals surface area contributed by atoms with Crippen molar-refractivity contribution in [1.82, 2.24) is 0 Å². The molecule has 25 heavy (non-hydrogen) atoms. The first kappa shape index (κ1) is 17.8. The highest BCUT2D eigenvalue weighted by molar-refractivity contribution is 5.52. The minimum atomic E-state index is 0.218. The zero-order valence-electron chi connectivity index (χ0n) is 16.3. The largest absolute Gasteiger partial charge is 0.497 e. The Hall–Kier alpha value is -1.96. The molecule has 134 valence electrons. The molecule has 2 heteroatoms. The Kier molecular flexibility index (Phi) is 5.08. The van der Waals surface area contributed by atoms with E-state index in [2.05, 4.69) is 81.1 Å². The molecule has 1 aliphatic rings. The van der Waals surface area contributed by atoms with Gasteiger partial charge in [0.2, 0.25) is 0 Å². The Morgan fingerprint density at radius 3 is 2.16 bits per heavy atom. The lowest BCUT2D eigenvalue weighted by atomic mass is 9.86. The van der Waals surface area contributed by atoms with Crippen molar-refractivity contribution in [2.24, 2.45) is 0 Å². The van der Waals surface area contributed by atoms with Crippen molar-refractivity contribution in [2.75, 3.05) is 12.0 Å². The van der Waals surface area contributed by atoms with Crippen LogP contribution in [0.2, 0.25) is 0 Å². The predicted octanol–water partition coefficient (Wildman–Crippen LogP) is 5.59. The third-order valence-electron chi connectivity index (χ3n) is 5.45. The van der Waals surface area contributed by atoms with E-state index in [1.165, 1.54) is 29.7 Å². The lowest BCUT2D eigenvalue weighted by molar-refractivity contribution is 0.414. The van der Waals surface area contributed by atoms with Gasteiger partial charge in [0.1, 0.15) is 5.75 Å². The Labute approximate surface area is 152 Å². The summed E-state index contributed by atoms with van der Waals surface area (Å²) in [5.41, 5.74) is 4.37. The third kappa shape index (κ3) is 4.00. The van der Waals surface area contributed by atoms with E-state index in [0.717, 1.165) is 12.2 Å². The van der Waals surface area contributed by atoms with Gasteiger partial charge in [0.25, 0.3) is 0 Å². The Bertz CT molecular complexity index is 682. The molecule has 0 unspecified atom stereocenters. The molecule has 3 rings (SSSR count). The lowest BCUT2D eigenvalue weighted by Gasteiger charge is -2.31. The molecule has 2 atom stereocenters. The van der Waals surface area contributed by atoms with Gasteiger partial charge < -0.3 is 9.64 Å². The minimum Gasteiger partial charge on any atom is -0.497 e. The summed E-state index contributed by atoms with van der Waals surface area (Å²) in [5.74, 6) is 0.921. The third-order valence-corrected chi connectivity index (χ3v) is 5.45. The highest BCUT2D eigenvalue weighted by Gasteiger charge is 2.30. The van der Waals surface area contributed by atoms with Crippen molar-refractivity contribution in [3.63, 3.8) is 0 Å². The van der Waals surface area contributed by atoms with E-state index < -0.39 is 0 Å². The molecular weight excluding hydrogens is 306 g/mol. The van der Waals surface area contributed by atoms with Crippen molar-refractivity contribution in [1.29, 1.82) is 0 Å². The predicted molar refractivity (Wildman–Crippen MR) is 107 cm³/mol. The van der Waals surface area contributed by atoms with Gasteiger partial charge >= 0.3 is 0 Å². The number of hydrogen-bond acceptors (Lipinski definition) is 2. The van der Waals surface area contributed by atoms with Gasteiger partial charge in [-0.2, -0.15) is 0 Å². The fourth-order valence-corrected chi connectivity index (χ4v) is 3.90. The molecule has 0 saturated carbocycles. The van der Waals surface area contributed by atoms with Gasteiger partial charge in [0, 0.05) is 17.8 Å². The van der Waals surface area contributed by atoms with Crippen LogP contribution in [-0.4, -0.2) is 19.2 Å². The molecule has 0 N–H and O–H groups in total. The average molecular weight is 338 g/mol. The van der Waals surface area contributed by atoms with Crippen LogP contribution in [0.25, 0.3) is 0 Å². The summed E-state index contributed by atoms with van der Waals surface area (Å²) < 4.78 is 5.30. The van der Waals surface area contributed by atoms with Gasteiger partial charge in [-0.05, 0) is 67.0 Å². The first-order chi connectivity index (χ1) is 11.9. The maximum absolute atomic E-state index is 5.30. The second kappa shape index (κ2) is 7.11. The van der Waals surface area contributed by atoms with Crippen molar-refractivity contribution in [2.45, 2.75) is 64.5 Å². The minimum absolute atomic E-state index is 0.218. The molecule has 2 aromatic rings. The first-order valence-corrected chi connectivity index (χ1v) is 9.40. The lowest BCUT2D eigenvalue weighted by Crippen LogP contribution is -2.35. The second-order valence-electron chi connectivity index (χ2n) is 8.34. The van der Waals surface area contributed by atoms with E-state index in [4.69, 9.17) is 4.74 Å². The maximum Gasteiger partial charge on any atom is 0.119 e. The van der Waals surface area contributed by atoms with Gasteiger partial charge in [-0.1, -0.05) is 45.0 Å². The summed E-state index contributed by atoms with van der Waals surface area (Å²) in [6, 6.07) is 18.9. The highest BCUT2D eigenvalue weighted by Crippen LogP contribution is 2.33. The number of methoxy groups -OCH3 is 1. The van der Waals surface area contributed by atoms with E-state index >= 15 is 0 Å². The number of rotatable bonds is 4. The average Bonchev–Trinajstić information content (AvgIpc) is 2.95. The molecule has 2 aromatic carbocycles. The summed E-state index contributed by atoms with van der Waals surface area (Å²) in [6.07, 6.45) is 3.63. The fraction of sp³-hybridized carbons (Fsp3) is 0.478. The van der Waals surface area contributed by atoms with Crippen LogP contribution in [0.1, 0.15) is 51.7 Å². The molecule has 0 radical (unpaired) electrons. The molecule has 0 aromatic heterocycles. The van der Waals surface area contributed by atoms with Crippen LogP contribution in [0.4, 0.5) is 5.69 Å². The van der Waals surface area contributed by atoms with Crippen LogP contribution >= 0.6 is 0 Å². The summed E-state index contributed by atoms with van der Waals surface area (Å²) in [4.78, 5) is 2.59. The van der Waals surface area contributed by atoms with Gasteiger partial charge in [-0.25, -0.2) is 0 Å². The van der Waals surface area contributed by atoms with Gasteiger partial charge in [-0.15, -0.1) is 0 Å². The van der Waals surface area contributed by atoms with E-state index in [-0.39, 0.29) is 5.41 Å². The first-order valence-electron chi connectivity index (χ1n) is 9.40. The topological polar surface area (TPSA) is 12.5 Å². The number of benzene rings is 2. The summed E-state index contributed by atoms with van der Waals surface area (Å²) in [7, 11) is 1.72. The van der Waals surface area contributed by atoms with Gasteiger partial charge in [-0.3, -0.25) is 0 Å². The van der Waals surface area contributed by atoms with E-state index in [1.54, 1.807) is 7.11 Å². The number of ether oxygens (including phenoxy) is 1. The second-order valence-corrected chi connectivity index (χ2v) is 8.34. The standard InChI is InChI=1S/C23H31NO/c1-17-6-11-21(24(17)20-12-14-22(25-5)15-13-20)16-18-7-9-19(10-8-18)23(2,3)4/h7-10,12-15,17,21H,6,11,16H2,1-5H3/t17-,21-/m0/s1. The fourth-order valence-electron chi connectivity index (χ4n) is 3.90. The van der Waals surface area contributed by atoms with Crippen molar-refractivity contribution in [3.8, 4) is 5.75 Å². The molecule has 0 spiro atoms. The Morgan fingerprint density at radius 2 is 1.60 bits per heavy atom. The molecule has 1 aliphatic heterocycles. The quantitative estimate of drug-likeness (QED) is 0.721. The zero-order chi connectivity index (χ0) is 18.0. The summed E-state index contributed by atoms with van der Waals surface area (Å²) in [5, 5.41) is 0. The highest BCUT2D eigenvalue weighted by atomic mass is 16.5. The number of hydrogen-bond donors (Lipinski definition) is 0. The van der Waals surface area contributed by atoms with Crippen molar-refractivity contribution in [3.05, 3.63) is 59.7 Å². The van der Waals surface area contributed by atoms with Crippen molar-refractivity contribution < 1.29 is 4.74 Å². The Morgan fingerprint density at radius 1 is 0.960 bits per heavy atom. The smallest absolute Gasteiger partial charge is 0.119 e. The molecule has 0 bridgehead atoms. The molecular formula is C23H31NO. The SMILES string of the molecule is COc1ccc(N2[C@H](Cc3ccc(C(C)(C)C)cc3)CC[C@@H]2C)cc1. The van der Waals surface area contributed by atoms with E-state index in [1.807, 2.05) is 0 Å². The number of anilines is 1. The van der Waals surface area contributed by atoms with Crippen LogP contribution in [0, 0.1) is 0 Å². The zero-order valence-corrected chi connectivity index (χ0v) is 16.3. The molecule has 0 amide bonds. The molecule has 1 heterocycles.